The van der Waals surface area contributed by atoms with Gasteiger partial charge in [-0.15, -0.1) is 0 Å². The molecule has 1 saturated heterocycles. The van der Waals surface area contributed by atoms with Crippen molar-refractivity contribution in [3.63, 3.8) is 0 Å². The van der Waals surface area contributed by atoms with E-state index < -0.39 is 19.3 Å². The van der Waals surface area contributed by atoms with Crippen molar-refractivity contribution in [3.05, 3.63) is 60.7 Å². The number of hydrogen-bond donors (Lipinski definition) is 1. The van der Waals surface area contributed by atoms with Gasteiger partial charge in [0.1, 0.15) is 6.04 Å². The zero-order valence-corrected chi connectivity index (χ0v) is 13.0. The summed E-state index contributed by atoms with van der Waals surface area (Å²) in [6.45, 7) is 0.540. The van der Waals surface area contributed by atoms with Crippen LogP contribution in [0.2, 0.25) is 0 Å². The molecule has 1 heterocycles. The van der Waals surface area contributed by atoms with Gasteiger partial charge in [0.15, 0.2) is 0 Å². The number of carboxylic acids is 1. The molecule has 0 amide bonds. The van der Waals surface area contributed by atoms with E-state index in [1.54, 1.807) is 4.67 Å². The molecule has 0 unspecified atom stereocenters. The Morgan fingerprint density at radius 2 is 1.50 bits per heavy atom. The molecule has 0 saturated carbocycles. The molecule has 1 atom stereocenters. The summed E-state index contributed by atoms with van der Waals surface area (Å²) >= 11 is 0. The van der Waals surface area contributed by atoms with Crippen LogP contribution in [0.3, 0.4) is 0 Å². The zero-order chi connectivity index (χ0) is 15.6. The SMILES string of the molecule is O=C(O)[C@@H]1CCCN1P(=O)(c1ccccc1)c1ccccc1. The van der Waals surface area contributed by atoms with Crippen LogP contribution in [0.25, 0.3) is 0 Å². The van der Waals surface area contributed by atoms with E-state index in [-0.39, 0.29) is 0 Å². The third kappa shape index (κ3) is 2.49. The van der Waals surface area contributed by atoms with E-state index in [1.165, 1.54) is 0 Å². The van der Waals surface area contributed by atoms with Gasteiger partial charge in [-0.1, -0.05) is 36.4 Å². The van der Waals surface area contributed by atoms with E-state index in [0.717, 1.165) is 6.42 Å². The summed E-state index contributed by atoms with van der Waals surface area (Å²) in [7, 11) is -3.13. The standard InChI is InChI=1S/C17H18NO3P/c19-17(20)16-12-7-13-18(16)22(21,14-8-3-1-4-9-14)15-10-5-2-6-11-15/h1-6,8-11,16H,7,12-13H2,(H,19,20)/t16-/m0/s1. The van der Waals surface area contributed by atoms with E-state index in [2.05, 4.69) is 0 Å². The Labute approximate surface area is 129 Å². The minimum atomic E-state index is -3.13. The lowest BCUT2D eigenvalue weighted by atomic mass is 10.2. The van der Waals surface area contributed by atoms with Gasteiger partial charge in [-0.05, 0) is 37.1 Å². The second kappa shape index (κ2) is 6.07. The minimum Gasteiger partial charge on any atom is -0.480 e. The van der Waals surface area contributed by atoms with Crippen molar-refractivity contribution >= 4 is 23.9 Å². The van der Waals surface area contributed by atoms with Gasteiger partial charge < -0.3 is 5.11 Å². The molecule has 5 heteroatoms. The number of benzene rings is 2. The summed E-state index contributed by atoms with van der Waals surface area (Å²) in [4.78, 5) is 11.6. The smallest absolute Gasteiger partial charge is 0.321 e. The highest BCUT2D eigenvalue weighted by Crippen LogP contribution is 2.51. The van der Waals surface area contributed by atoms with Crippen LogP contribution in [0.1, 0.15) is 12.8 Å². The highest BCUT2D eigenvalue weighted by Gasteiger charge is 2.44. The van der Waals surface area contributed by atoms with Crippen molar-refractivity contribution in [2.45, 2.75) is 18.9 Å². The Bertz CT molecular complexity index is 659. The molecule has 1 aliphatic rings. The van der Waals surface area contributed by atoms with Gasteiger partial charge in [-0.3, -0.25) is 9.36 Å². The topological polar surface area (TPSA) is 57.6 Å². The average Bonchev–Trinajstić information content (AvgIpc) is 3.06. The van der Waals surface area contributed by atoms with Crippen LogP contribution in [-0.4, -0.2) is 28.3 Å². The van der Waals surface area contributed by atoms with Crippen molar-refractivity contribution in [1.29, 1.82) is 0 Å². The third-order valence-electron chi connectivity index (χ3n) is 4.08. The van der Waals surface area contributed by atoms with Crippen LogP contribution in [0.15, 0.2) is 60.7 Å². The molecule has 22 heavy (non-hydrogen) atoms. The summed E-state index contributed by atoms with van der Waals surface area (Å²) in [6, 6.07) is 17.7. The molecular formula is C17H18NO3P. The molecule has 114 valence electrons. The first kappa shape index (κ1) is 15.0. The van der Waals surface area contributed by atoms with Crippen LogP contribution in [0, 0.1) is 0 Å². The molecule has 0 spiro atoms. The normalized spacial score (nSPS) is 19.2. The predicted molar refractivity (Wildman–Crippen MR) is 87.1 cm³/mol. The van der Waals surface area contributed by atoms with Crippen LogP contribution in [-0.2, 0) is 9.36 Å². The first-order valence-electron chi connectivity index (χ1n) is 7.35. The Morgan fingerprint density at radius 3 is 1.95 bits per heavy atom. The second-order valence-corrected chi connectivity index (χ2v) is 8.11. The Hall–Kier alpha value is -1.90. The molecule has 2 aromatic carbocycles. The maximum Gasteiger partial charge on any atom is 0.321 e. The van der Waals surface area contributed by atoms with Crippen molar-refractivity contribution < 1.29 is 14.5 Å². The van der Waals surface area contributed by atoms with Gasteiger partial charge in [-0.2, -0.15) is 0 Å². The monoisotopic (exact) mass is 315 g/mol. The number of aliphatic carboxylic acids is 1. The zero-order valence-electron chi connectivity index (χ0n) is 12.1. The fourth-order valence-electron chi connectivity index (χ4n) is 3.05. The van der Waals surface area contributed by atoms with E-state index in [1.807, 2.05) is 60.7 Å². The number of carboxylic acid groups (broad SMARTS) is 1. The van der Waals surface area contributed by atoms with Gasteiger partial charge in [0, 0.05) is 17.2 Å². The summed E-state index contributed by atoms with van der Waals surface area (Å²) in [5.41, 5.74) is 0. The summed E-state index contributed by atoms with van der Waals surface area (Å²) in [6.07, 6.45) is 1.29. The molecule has 0 aromatic heterocycles. The molecular weight excluding hydrogens is 297 g/mol. The van der Waals surface area contributed by atoms with Gasteiger partial charge in [-0.25, -0.2) is 4.67 Å². The predicted octanol–water partition coefficient (Wildman–Crippen LogP) is 2.46. The summed E-state index contributed by atoms with van der Waals surface area (Å²) in [5.74, 6) is -0.899. The number of carbonyl (C=O) groups is 1. The molecule has 3 rings (SSSR count). The quantitative estimate of drug-likeness (QED) is 0.881. The Morgan fingerprint density at radius 1 is 1.00 bits per heavy atom. The maximum atomic E-state index is 14.0. The molecule has 0 aliphatic carbocycles. The van der Waals surface area contributed by atoms with E-state index >= 15 is 0 Å². The van der Waals surface area contributed by atoms with E-state index in [0.29, 0.717) is 23.6 Å². The molecule has 0 bridgehead atoms. The van der Waals surface area contributed by atoms with Crippen LogP contribution >= 0.6 is 7.29 Å². The highest BCUT2D eigenvalue weighted by atomic mass is 31.2. The average molecular weight is 315 g/mol. The lowest BCUT2D eigenvalue weighted by Gasteiger charge is -2.31. The van der Waals surface area contributed by atoms with Gasteiger partial charge >= 0.3 is 5.97 Å². The van der Waals surface area contributed by atoms with Gasteiger partial charge in [0.25, 0.3) is 0 Å². The summed E-state index contributed by atoms with van der Waals surface area (Å²) < 4.78 is 15.7. The Kier molecular flexibility index (Phi) is 4.14. The first-order valence-corrected chi connectivity index (χ1v) is 9.01. The van der Waals surface area contributed by atoms with E-state index in [4.69, 9.17) is 0 Å². The van der Waals surface area contributed by atoms with Crippen molar-refractivity contribution in [1.82, 2.24) is 4.67 Å². The largest absolute Gasteiger partial charge is 0.480 e. The lowest BCUT2D eigenvalue weighted by molar-refractivity contribution is -0.140. The Balaban J connectivity index is 2.16. The maximum absolute atomic E-state index is 14.0. The van der Waals surface area contributed by atoms with Gasteiger partial charge in [0.2, 0.25) is 7.29 Å². The second-order valence-electron chi connectivity index (χ2n) is 5.41. The molecule has 0 radical (unpaired) electrons. The highest BCUT2D eigenvalue weighted by molar-refractivity contribution is 7.76. The van der Waals surface area contributed by atoms with Crippen molar-refractivity contribution in [2.24, 2.45) is 0 Å². The van der Waals surface area contributed by atoms with Crippen molar-refractivity contribution in [3.8, 4) is 0 Å². The number of nitrogens with zero attached hydrogens (tertiary/aromatic N) is 1. The van der Waals surface area contributed by atoms with E-state index in [9.17, 15) is 14.5 Å². The molecule has 2 aromatic rings. The van der Waals surface area contributed by atoms with Crippen molar-refractivity contribution in [2.75, 3.05) is 6.54 Å². The molecule has 1 aliphatic heterocycles. The fraction of sp³-hybridized carbons (Fsp3) is 0.235. The molecule has 1 fully saturated rings. The minimum absolute atomic E-state index is 0.540. The summed E-state index contributed by atoms with van der Waals surface area (Å²) in [5, 5.41) is 10.9. The van der Waals surface area contributed by atoms with Crippen LogP contribution in [0.4, 0.5) is 0 Å². The number of rotatable bonds is 4. The number of hydrogen-bond acceptors (Lipinski definition) is 2. The fourth-order valence-corrected chi connectivity index (χ4v) is 6.12. The first-order chi connectivity index (χ1) is 10.6. The third-order valence-corrected chi connectivity index (χ3v) is 7.28. The van der Waals surface area contributed by atoms with Crippen LogP contribution < -0.4 is 10.6 Å². The molecule has 4 nitrogen and oxygen atoms in total. The van der Waals surface area contributed by atoms with Crippen LogP contribution in [0.5, 0.6) is 0 Å². The lowest BCUT2D eigenvalue weighted by Crippen LogP contribution is -2.39. The van der Waals surface area contributed by atoms with Gasteiger partial charge in [0.05, 0.1) is 0 Å². The molecule has 1 N–H and O–H groups in total.